The number of aryl methyl sites for hydroxylation is 1. The van der Waals surface area contributed by atoms with Gasteiger partial charge < -0.3 is 9.84 Å². The van der Waals surface area contributed by atoms with Gasteiger partial charge in [0.1, 0.15) is 5.00 Å². The molecule has 1 fully saturated rings. The highest BCUT2D eigenvalue weighted by Gasteiger charge is 2.43. The van der Waals surface area contributed by atoms with Crippen LogP contribution in [0.25, 0.3) is 0 Å². The summed E-state index contributed by atoms with van der Waals surface area (Å²) in [6.07, 6.45) is -0.0760. The van der Waals surface area contributed by atoms with Crippen molar-refractivity contribution in [3.63, 3.8) is 0 Å². The van der Waals surface area contributed by atoms with Gasteiger partial charge in [0.05, 0.1) is 23.7 Å². The van der Waals surface area contributed by atoms with Crippen LogP contribution in [0.5, 0.6) is 0 Å². The fraction of sp³-hybridized carbons (Fsp3) is 0.429. The van der Waals surface area contributed by atoms with E-state index in [-0.39, 0.29) is 22.7 Å². The van der Waals surface area contributed by atoms with E-state index in [4.69, 9.17) is 9.84 Å². The minimum atomic E-state index is -1.05. The molecule has 9 heteroatoms. The van der Waals surface area contributed by atoms with E-state index in [2.05, 4.69) is 0 Å². The van der Waals surface area contributed by atoms with Gasteiger partial charge in [-0.05, 0) is 19.4 Å². The molecule has 2 amide bonds. The Bertz CT molecular complexity index is 696. The summed E-state index contributed by atoms with van der Waals surface area (Å²) in [7, 11) is 1.23. The first-order valence-electron chi connectivity index (χ1n) is 6.66. The number of nitrogens with zero attached hydrogens (tertiary/aromatic N) is 1. The molecule has 1 N–H and O–H groups in total. The van der Waals surface area contributed by atoms with Crippen LogP contribution in [0.1, 0.15) is 27.2 Å². The number of methoxy groups -OCH3 is 1. The first-order chi connectivity index (χ1) is 10.8. The molecule has 1 saturated heterocycles. The van der Waals surface area contributed by atoms with Crippen LogP contribution >= 0.6 is 23.1 Å². The standard InChI is InChI=1S/C14H15NO6S2/c1-6-7(2)23-13(11(6)14(20)21-3)15-9(16)4-8(12(15)19)22-5-10(17)18/h8H,4-5H2,1-3H3,(H,17,18). The number of imide groups is 1. The highest BCUT2D eigenvalue weighted by molar-refractivity contribution is 8.01. The molecule has 2 rings (SSSR count). The smallest absolute Gasteiger partial charge is 0.341 e. The van der Waals surface area contributed by atoms with Crippen molar-refractivity contribution in [1.82, 2.24) is 0 Å². The van der Waals surface area contributed by atoms with Gasteiger partial charge in [-0.2, -0.15) is 0 Å². The maximum atomic E-state index is 12.5. The minimum absolute atomic E-state index is 0.0760. The second-order valence-electron chi connectivity index (χ2n) is 4.92. The number of aliphatic carboxylic acids is 1. The number of ether oxygens (including phenoxy) is 1. The lowest BCUT2D eigenvalue weighted by atomic mass is 10.1. The van der Waals surface area contributed by atoms with E-state index in [1.807, 2.05) is 0 Å². The summed E-state index contributed by atoms with van der Waals surface area (Å²) in [5.41, 5.74) is 0.875. The molecule has 0 aromatic carbocycles. The van der Waals surface area contributed by atoms with Gasteiger partial charge in [-0.3, -0.25) is 14.4 Å². The Morgan fingerprint density at radius 2 is 2.04 bits per heavy atom. The first-order valence-corrected chi connectivity index (χ1v) is 8.53. The van der Waals surface area contributed by atoms with Crippen LogP contribution in [0.4, 0.5) is 5.00 Å². The summed E-state index contributed by atoms with van der Waals surface area (Å²) >= 11 is 2.08. The zero-order valence-corrected chi connectivity index (χ0v) is 14.4. The Morgan fingerprint density at radius 1 is 1.39 bits per heavy atom. The van der Waals surface area contributed by atoms with Gasteiger partial charge in [0, 0.05) is 11.3 Å². The van der Waals surface area contributed by atoms with Crippen LogP contribution in [0.15, 0.2) is 0 Å². The van der Waals surface area contributed by atoms with Crippen molar-refractivity contribution < 1.29 is 29.0 Å². The molecule has 0 aliphatic carbocycles. The van der Waals surface area contributed by atoms with E-state index in [1.165, 1.54) is 18.4 Å². The topological polar surface area (TPSA) is 101 Å². The maximum Gasteiger partial charge on any atom is 0.341 e. The molecule has 1 aromatic rings. The zero-order chi connectivity index (χ0) is 17.3. The van der Waals surface area contributed by atoms with Gasteiger partial charge in [-0.15, -0.1) is 23.1 Å². The number of carbonyl (C=O) groups excluding carboxylic acids is 3. The quantitative estimate of drug-likeness (QED) is 0.631. The number of hydrogen-bond donors (Lipinski definition) is 1. The Morgan fingerprint density at radius 3 is 2.61 bits per heavy atom. The third-order valence-corrected chi connectivity index (χ3v) is 5.85. The molecule has 1 unspecified atom stereocenters. The molecule has 0 saturated carbocycles. The van der Waals surface area contributed by atoms with Crippen LogP contribution in [0, 0.1) is 13.8 Å². The van der Waals surface area contributed by atoms with E-state index in [1.54, 1.807) is 13.8 Å². The predicted octanol–water partition coefficient (Wildman–Crippen LogP) is 1.60. The lowest BCUT2D eigenvalue weighted by molar-refractivity contribution is -0.134. The van der Waals surface area contributed by atoms with Crippen molar-refractivity contribution in [1.29, 1.82) is 0 Å². The molecule has 7 nitrogen and oxygen atoms in total. The number of esters is 1. The van der Waals surface area contributed by atoms with Crippen LogP contribution in [-0.2, 0) is 19.1 Å². The normalized spacial score (nSPS) is 17.7. The third-order valence-electron chi connectivity index (χ3n) is 3.47. The molecule has 1 aromatic heterocycles. The van der Waals surface area contributed by atoms with Crippen LogP contribution in [-0.4, -0.2) is 47.0 Å². The third kappa shape index (κ3) is 3.25. The van der Waals surface area contributed by atoms with Gasteiger partial charge in [-0.1, -0.05) is 0 Å². The van der Waals surface area contributed by atoms with E-state index >= 15 is 0 Å². The summed E-state index contributed by atoms with van der Waals surface area (Å²) in [5.74, 6) is -2.85. The zero-order valence-electron chi connectivity index (χ0n) is 12.7. The number of anilines is 1. The molecule has 1 aliphatic heterocycles. The number of carbonyl (C=O) groups is 4. The summed E-state index contributed by atoms with van der Waals surface area (Å²) in [6.45, 7) is 3.51. The maximum absolute atomic E-state index is 12.5. The average Bonchev–Trinajstić information content (AvgIpc) is 2.93. The molecule has 1 aliphatic rings. The van der Waals surface area contributed by atoms with Crippen molar-refractivity contribution in [3.8, 4) is 0 Å². The number of rotatable bonds is 5. The number of hydrogen-bond acceptors (Lipinski definition) is 7. The highest BCUT2D eigenvalue weighted by atomic mass is 32.2. The molecule has 0 bridgehead atoms. The number of amides is 2. The predicted molar refractivity (Wildman–Crippen MR) is 86.1 cm³/mol. The molecule has 23 heavy (non-hydrogen) atoms. The van der Waals surface area contributed by atoms with Crippen molar-refractivity contribution >= 4 is 51.9 Å². The molecule has 0 spiro atoms. The molecule has 1 atom stereocenters. The highest BCUT2D eigenvalue weighted by Crippen LogP contribution is 2.40. The Balaban J connectivity index is 2.37. The fourth-order valence-corrected chi connectivity index (χ4v) is 4.25. The first kappa shape index (κ1) is 17.5. The monoisotopic (exact) mass is 357 g/mol. The van der Waals surface area contributed by atoms with Crippen LogP contribution in [0.2, 0.25) is 0 Å². The van der Waals surface area contributed by atoms with Gasteiger partial charge in [0.15, 0.2) is 0 Å². The SMILES string of the molecule is COC(=O)c1c(N2C(=O)CC(SCC(=O)O)C2=O)sc(C)c1C. The average molecular weight is 357 g/mol. The van der Waals surface area contributed by atoms with Gasteiger partial charge >= 0.3 is 11.9 Å². The number of carboxylic acids is 1. The second kappa shape index (κ2) is 6.71. The molecule has 124 valence electrons. The summed E-state index contributed by atoms with van der Waals surface area (Å²) in [4.78, 5) is 49.1. The number of thioether (sulfide) groups is 1. The summed E-state index contributed by atoms with van der Waals surface area (Å²) < 4.78 is 4.74. The van der Waals surface area contributed by atoms with E-state index in [9.17, 15) is 19.2 Å². The summed E-state index contributed by atoms with van der Waals surface area (Å²) in [6, 6.07) is 0. The van der Waals surface area contributed by atoms with Crippen molar-refractivity contribution in [2.24, 2.45) is 0 Å². The molecular formula is C14H15NO6S2. The number of thiophene rings is 1. The van der Waals surface area contributed by atoms with Crippen LogP contribution in [0.3, 0.4) is 0 Å². The largest absolute Gasteiger partial charge is 0.481 e. The lowest BCUT2D eigenvalue weighted by Crippen LogP contribution is -2.32. The van der Waals surface area contributed by atoms with Gasteiger partial charge in [0.25, 0.3) is 0 Å². The van der Waals surface area contributed by atoms with Crippen molar-refractivity contribution in [2.45, 2.75) is 25.5 Å². The van der Waals surface area contributed by atoms with Crippen molar-refractivity contribution in [3.05, 3.63) is 16.0 Å². The Labute approximate surface area is 140 Å². The fourth-order valence-electron chi connectivity index (χ4n) is 2.23. The summed E-state index contributed by atoms with van der Waals surface area (Å²) in [5, 5.41) is 8.21. The number of carboxylic acid groups (broad SMARTS) is 1. The van der Waals surface area contributed by atoms with Crippen molar-refractivity contribution in [2.75, 3.05) is 17.8 Å². The van der Waals surface area contributed by atoms with E-state index in [0.29, 0.717) is 5.56 Å². The van der Waals surface area contributed by atoms with Gasteiger partial charge in [0.2, 0.25) is 11.8 Å². The molecule has 2 heterocycles. The Kier molecular flexibility index (Phi) is 5.10. The Hall–Kier alpha value is -1.87. The van der Waals surface area contributed by atoms with Crippen LogP contribution < -0.4 is 4.90 Å². The minimum Gasteiger partial charge on any atom is -0.481 e. The van der Waals surface area contributed by atoms with Gasteiger partial charge in [-0.25, -0.2) is 9.69 Å². The second-order valence-corrected chi connectivity index (χ2v) is 7.31. The van der Waals surface area contributed by atoms with E-state index in [0.717, 1.165) is 21.5 Å². The molecular weight excluding hydrogens is 342 g/mol. The molecule has 0 radical (unpaired) electrons. The lowest BCUT2D eigenvalue weighted by Gasteiger charge is -2.14. The van der Waals surface area contributed by atoms with E-state index < -0.39 is 29.0 Å².